The quantitative estimate of drug-likeness (QED) is 0.741. The van der Waals surface area contributed by atoms with Crippen LogP contribution in [0.15, 0.2) is 48.1 Å². The molecule has 0 unspecified atom stereocenters. The van der Waals surface area contributed by atoms with Crippen LogP contribution in [-0.4, -0.2) is 46.4 Å². The summed E-state index contributed by atoms with van der Waals surface area (Å²) in [7, 11) is 0. The van der Waals surface area contributed by atoms with Crippen molar-refractivity contribution in [2.75, 3.05) is 31.1 Å². The molecular formula is C17H18N4OS. The highest BCUT2D eigenvalue weighted by atomic mass is 32.1. The molecule has 6 heteroatoms. The van der Waals surface area contributed by atoms with Crippen molar-refractivity contribution in [3.63, 3.8) is 0 Å². The number of anilines is 1. The Kier molecular flexibility index (Phi) is 3.75. The van der Waals surface area contributed by atoms with E-state index in [4.69, 9.17) is 0 Å². The Morgan fingerprint density at radius 1 is 1.13 bits per heavy atom. The number of amides is 1. The molecule has 0 aliphatic carbocycles. The Balaban J connectivity index is 1.36. The first-order valence-electron chi connectivity index (χ1n) is 7.78. The first-order valence-corrected chi connectivity index (χ1v) is 8.66. The van der Waals surface area contributed by atoms with Gasteiger partial charge in [0, 0.05) is 49.6 Å². The van der Waals surface area contributed by atoms with E-state index in [1.807, 2.05) is 33.1 Å². The number of carbonyl (C=O) groups is 1. The summed E-state index contributed by atoms with van der Waals surface area (Å²) in [4.78, 5) is 22.2. The van der Waals surface area contributed by atoms with Gasteiger partial charge in [0.2, 0.25) is 5.91 Å². The SMILES string of the molecule is O=C(Cc1cn2ccsc2n1)N1CCN(c2ccccc2)CC1. The lowest BCUT2D eigenvalue weighted by Crippen LogP contribution is -2.49. The van der Waals surface area contributed by atoms with Crippen LogP contribution in [0.1, 0.15) is 5.69 Å². The molecule has 1 saturated heterocycles. The average Bonchev–Trinajstić information content (AvgIpc) is 3.17. The van der Waals surface area contributed by atoms with Gasteiger partial charge in [0.05, 0.1) is 12.1 Å². The van der Waals surface area contributed by atoms with Crippen LogP contribution in [0, 0.1) is 0 Å². The van der Waals surface area contributed by atoms with Crippen molar-refractivity contribution in [1.82, 2.24) is 14.3 Å². The summed E-state index contributed by atoms with van der Waals surface area (Å²) in [5.41, 5.74) is 2.08. The molecule has 118 valence electrons. The highest BCUT2D eigenvalue weighted by Crippen LogP contribution is 2.17. The molecule has 0 bridgehead atoms. The maximum atomic E-state index is 12.5. The first-order chi connectivity index (χ1) is 11.3. The number of aromatic nitrogens is 2. The number of imidazole rings is 1. The van der Waals surface area contributed by atoms with Crippen LogP contribution in [0.3, 0.4) is 0 Å². The zero-order chi connectivity index (χ0) is 15.6. The minimum atomic E-state index is 0.170. The summed E-state index contributed by atoms with van der Waals surface area (Å²) >= 11 is 1.59. The number of hydrogen-bond donors (Lipinski definition) is 0. The van der Waals surface area contributed by atoms with Crippen molar-refractivity contribution in [2.45, 2.75) is 6.42 Å². The molecule has 1 aliphatic rings. The Labute approximate surface area is 138 Å². The van der Waals surface area contributed by atoms with E-state index in [0.29, 0.717) is 6.42 Å². The molecule has 3 aromatic rings. The van der Waals surface area contributed by atoms with E-state index in [-0.39, 0.29) is 5.91 Å². The maximum absolute atomic E-state index is 12.5. The van der Waals surface area contributed by atoms with Crippen molar-refractivity contribution in [3.05, 3.63) is 53.8 Å². The number of piperazine rings is 1. The van der Waals surface area contributed by atoms with Gasteiger partial charge in [0.15, 0.2) is 4.96 Å². The Morgan fingerprint density at radius 3 is 2.65 bits per heavy atom. The van der Waals surface area contributed by atoms with Crippen LogP contribution in [0.5, 0.6) is 0 Å². The normalized spacial score (nSPS) is 15.3. The third kappa shape index (κ3) is 2.94. The molecule has 5 nitrogen and oxygen atoms in total. The first kappa shape index (κ1) is 14.3. The Morgan fingerprint density at radius 2 is 1.91 bits per heavy atom. The van der Waals surface area contributed by atoms with E-state index in [2.05, 4.69) is 34.1 Å². The molecule has 0 radical (unpaired) electrons. The molecule has 4 rings (SSSR count). The minimum absolute atomic E-state index is 0.170. The molecule has 0 atom stereocenters. The number of hydrogen-bond acceptors (Lipinski definition) is 4. The zero-order valence-electron chi connectivity index (χ0n) is 12.8. The van der Waals surface area contributed by atoms with Crippen molar-refractivity contribution in [3.8, 4) is 0 Å². The van der Waals surface area contributed by atoms with Gasteiger partial charge in [0.1, 0.15) is 0 Å². The van der Waals surface area contributed by atoms with Crippen molar-refractivity contribution in [1.29, 1.82) is 0 Å². The second-order valence-corrected chi connectivity index (χ2v) is 6.58. The Hall–Kier alpha value is -2.34. The molecule has 1 aromatic carbocycles. The van der Waals surface area contributed by atoms with Crippen LogP contribution in [0.4, 0.5) is 5.69 Å². The number of carbonyl (C=O) groups excluding carboxylic acids is 1. The molecule has 1 fully saturated rings. The summed E-state index contributed by atoms with van der Waals surface area (Å²) < 4.78 is 1.97. The highest BCUT2D eigenvalue weighted by molar-refractivity contribution is 7.15. The third-order valence-corrected chi connectivity index (χ3v) is 5.00. The monoisotopic (exact) mass is 326 g/mol. The fourth-order valence-electron chi connectivity index (χ4n) is 2.98. The van der Waals surface area contributed by atoms with Crippen LogP contribution in [0.2, 0.25) is 0 Å². The second-order valence-electron chi connectivity index (χ2n) is 5.71. The third-order valence-electron chi connectivity index (χ3n) is 4.23. The maximum Gasteiger partial charge on any atom is 0.228 e. The molecule has 2 aromatic heterocycles. The predicted octanol–water partition coefficient (Wildman–Crippen LogP) is 2.29. The number of para-hydroxylation sites is 1. The summed E-state index contributed by atoms with van der Waals surface area (Å²) in [6.07, 6.45) is 4.31. The number of rotatable bonds is 3. The van der Waals surface area contributed by atoms with Gasteiger partial charge in [-0.15, -0.1) is 11.3 Å². The van der Waals surface area contributed by atoms with E-state index in [9.17, 15) is 4.79 Å². The largest absolute Gasteiger partial charge is 0.368 e. The standard InChI is InChI=1S/C17H18N4OS/c22-16(12-14-13-21-10-11-23-17(21)18-14)20-8-6-19(7-9-20)15-4-2-1-3-5-15/h1-5,10-11,13H,6-9,12H2. The molecule has 1 amide bonds. The van der Waals surface area contributed by atoms with Crippen molar-refractivity contribution < 1.29 is 4.79 Å². The number of benzene rings is 1. The Bertz CT molecular complexity index is 774. The predicted molar refractivity (Wildman–Crippen MR) is 92.0 cm³/mol. The number of nitrogens with zero attached hydrogens (tertiary/aromatic N) is 4. The molecule has 3 heterocycles. The second kappa shape index (κ2) is 6.04. The van der Waals surface area contributed by atoms with Gasteiger partial charge in [-0.05, 0) is 12.1 Å². The summed E-state index contributed by atoms with van der Waals surface area (Å²) in [5, 5.41) is 2.00. The van der Waals surface area contributed by atoms with E-state index in [0.717, 1.165) is 36.8 Å². The minimum Gasteiger partial charge on any atom is -0.368 e. The van der Waals surface area contributed by atoms with Gasteiger partial charge in [-0.1, -0.05) is 18.2 Å². The van der Waals surface area contributed by atoms with Gasteiger partial charge in [-0.2, -0.15) is 0 Å². The fraction of sp³-hybridized carbons (Fsp3) is 0.294. The fourth-order valence-corrected chi connectivity index (χ4v) is 3.70. The highest BCUT2D eigenvalue weighted by Gasteiger charge is 2.22. The van der Waals surface area contributed by atoms with E-state index in [1.165, 1.54) is 5.69 Å². The van der Waals surface area contributed by atoms with Gasteiger partial charge in [-0.25, -0.2) is 4.98 Å². The van der Waals surface area contributed by atoms with Gasteiger partial charge in [-0.3, -0.25) is 9.20 Å². The van der Waals surface area contributed by atoms with Crippen LogP contribution < -0.4 is 4.90 Å². The van der Waals surface area contributed by atoms with Gasteiger partial charge in [0.25, 0.3) is 0 Å². The molecule has 0 spiro atoms. The van der Waals surface area contributed by atoms with E-state index < -0.39 is 0 Å². The number of thiazole rings is 1. The number of fused-ring (bicyclic) bond motifs is 1. The molecule has 0 saturated carbocycles. The zero-order valence-corrected chi connectivity index (χ0v) is 13.6. The van der Waals surface area contributed by atoms with E-state index >= 15 is 0 Å². The van der Waals surface area contributed by atoms with E-state index in [1.54, 1.807) is 11.3 Å². The van der Waals surface area contributed by atoms with Gasteiger partial charge < -0.3 is 9.80 Å². The molecule has 0 N–H and O–H groups in total. The molecular weight excluding hydrogens is 308 g/mol. The van der Waals surface area contributed by atoms with Gasteiger partial charge >= 0.3 is 0 Å². The van der Waals surface area contributed by atoms with Crippen LogP contribution in [0.25, 0.3) is 4.96 Å². The lowest BCUT2D eigenvalue weighted by atomic mass is 10.2. The summed E-state index contributed by atoms with van der Waals surface area (Å²) in [6, 6.07) is 10.4. The summed E-state index contributed by atoms with van der Waals surface area (Å²) in [5.74, 6) is 0.170. The molecule has 1 aliphatic heterocycles. The smallest absolute Gasteiger partial charge is 0.228 e. The summed E-state index contributed by atoms with van der Waals surface area (Å²) in [6.45, 7) is 3.31. The van der Waals surface area contributed by atoms with Crippen LogP contribution in [-0.2, 0) is 11.2 Å². The topological polar surface area (TPSA) is 40.9 Å². The van der Waals surface area contributed by atoms with Crippen molar-refractivity contribution in [2.24, 2.45) is 0 Å². The van der Waals surface area contributed by atoms with Crippen molar-refractivity contribution >= 4 is 27.9 Å². The molecule has 23 heavy (non-hydrogen) atoms. The van der Waals surface area contributed by atoms with Crippen LogP contribution >= 0.6 is 11.3 Å². The lowest BCUT2D eigenvalue weighted by molar-refractivity contribution is -0.130. The average molecular weight is 326 g/mol. The lowest BCUT2D eigenvalue weighted by Gasteiger charge is -2.36.